The summed E-state index contributed by atoms with van der Waals surface area (Å²) in [6.45, 7) is 0. The van der Waals surface area contributed by atoms with Crippen LogP contribution in [0.15, 0.2) is 18.3 Å². The van der Waals surface area contributed by atoms with Crippen molar-refractivity contribution in [3.8, 4) is 0 Å². The molecule has 0 aliphatic rings. The fourth-order valence-corrected chi connectivity index (χ4v) is 0.850. The molecule has 8 heavy (non-hydrogen) atoms. The molecule has 42 valence electrons. The van der Waals surface area contributed by atoms with Crippen molar-refractivity contribution in [2.24, 2.45) is 0 Å². The molecule has 0 saturated heterocycles. The van der Waals surface area contributed by atoms with Crippen molar-refractivity contribution in [2.45, 2.75) is 0 Å². The molecule has 0 bridgehead atoms. The predicted molar refractivity (Wildman–Crippen MR) is 36.6 cm³/mol. The molecule has 0 aliphatic carbocycles. The zero-order chi connectivity index (χ0) is 5.98. The maximum Gasteiger partial charge on any atom is 0.104 e. The Labute approximate surface area is 57.3 Å². The van der Waals surface area contributed by atoms with Crippen molar-refractivity contribution in [3.05, 3.63) is 28.0 Å². The summed E-state index contributed by atoms with van der Waals surface area (Å²) < 4.78 is 0.664. The fourth-order valence-electron chi connectivity index (χ4n) is 0.418. The lowest BCUT2D eigenvalue weighted by Gasteiger charge is -1.83. The quantitative estimate of drug-likeness (QED) is 0.555. The maximum absolute atomic E-state index is 5.56. The smallest absolute Gasteiger partial charge is 0.104 e. The van der Waals surface area contributed by atoms with Crippen molar-refractivity contribution in [1.29, 1.82) is 0 Å². The van der Waals surface area contributed by atoms with Crippen LogP contribution in [0.2, 0.25) is 5.02 Å². The average molecular weight is 146 g/mol. The van der Waals surface area contributed by atoms with Crippen molar-refractivity contribution < 1.29 is 0 Å². The van der Waals surface area contributed by atoms with Gasteiger partial charge in [-0.25, -0.2) is 0 Å². The van der Waals surface area contributed by atoms with Gasteiger partial charge in [-0.15, -0.1) is 0 Å². The molecule has 1 aromatic rings. The van der Waals surface area contributed by atoms with E-state index in [4.69, 9.17) is 23.8 Å². The molecule has 0 fully saturated rings. The van der Waals surface area contributed by atoms with Crippen LogP contribution in [0.5, 0.6) is 0 Å². The lowest BCUT2D eigenvalue weighted by molar-refractivity contribution is 1.30. The Morgan fingerprint density at radius 1 is 1.62 bits per heavy atom. The van der Waals surface area contributed by atoms with Crippen LogP contribution >= 0.6 is 23.8 Å². The lowest BCUT2D eigenvalue weighted by atomic mass is 10.5. The topological polar surface area (TPSA) is 15.8 Å². The molecule has 1 nitrogen and oxygen atoms in total. The van der Waals surface area contributed by atoms with Crippen LogP contribution in [0.4, 0.5) is 0 Å². The highest BCUT2D eigenvalue weighted by atomic mass is 35.5. The molecule has 0 aliphatic heterocycles. The molecular formula is C5H4ClNS. The molecule has 0 amide bonds. The normalized spacial score (nSPS) is 9.12. The molecule has 1 N–H and O–H groups in total. The molecule has 0 saturated carbocycles. The summed E-state index contributed by atoms with van der Waals surface area (Å²) in [5.74, 6) is 0. The maximum atomic E-state index is 5.56. The first-order valence-corrected chi connectivity index (χ1v) is 2.92. The highest BCUT2D eigenvalue weighted by Gasteiger charge is 1.79. The first-order valence-electron chi connectivity index (χ1n) is 2.13. The van der Waals surface area contributed by atoms with Gasteiger partial charge in [0.2, 0.25) is 0 Å². The number of rotatable bonds is 0. The largest absolute Gasteiger partial charge is 0.353 e. The summed E-state index contributed by atoms with van der Waals surface area (Å²) in [6.07, 6.45) is 1.71. The van der Waals surface area contributed by atoms with Gasteiger partial charge in [-0.1, -0.05) is 23.8 Å². The van der Waals surface area contributed by atoms with Gasteiger partial charge in [0.15, 0.2) is 0 Å². The summed E-state index contributed by atoms with van der Waals surface area (Å²) >= 11 is 10.3. The van der Waals surface area contributed by atoms with E-state index >= 15 is 0 Å². The fraction of sp³-hybridized carbons (Fsp3) is 0. The highest BCUT2D eigenvalue weighted by Crippen LogP contribution is 2.03. The lowest BCUT2D eigenvalue weighted by Crippen LogP contribution is -1.68. The Hall–Kier alpha value is -0.340. The molecular weight excluding hydrogens is 142 g/mol. The van der Waals surface area contributed by atoms with E-state index < -0.39 is 0 Å². The molecule has 0 spiro atoms. The summed E-state index contributed by atoms with van der Waals surface area (Å²) in [5.41, 5.74) is 0. The van der Waals surface area contributed by atoms with Crippen molar-refractivity contribution in [2.75, 3.05) is 0 Å². The Morgan fingerprint density at radius 2 is 2.38 bits per heavy atom. The van der Waals surface area contributed by atoms with E-state index in [0.29, 0.717) is 9.66 Å². The number of aromatic amines is 1. The minimum absolute atomic E-state index is 0.664. The number of H-pyrrole nitrogens is 1. The Balaban J connectivity index is 3.28. The summed E-state index contributed by atoms with van der Waals surface area (Å²) in [5, 5.41) is 0.675. The molecule has 0 aromatic carbocycles. The Morgan fingerprint density at radius 3 is 2.75 bits per heavy atom. The second kappa shape index (κ2) is 2.29. The van der Waals surface area contributed by atoms with Crippen molar-refractivity contribution in [3.63, 3.8) is 0 Å². The van der Waals surface area contributed by atoms with E-state index in [1.54, 1.807) is 18.3 Å². The number of pyridine rings is 1. The zero-order valence-corrected chi connectivity index (χ0v) is 5.59. The molecule has 3 heteroatoms. The van der Waals surface area contributed by atoms with E-state index in [1.807, 2.05) is 0 Å². The summed E-state index contributed by atoms with van der Waals surface area (Å²) in [7, 11) is 0. The summed E-state index contributed by atoms with van der Waals surface area (Å²) in [4.78, 5) is 2.80. The first-order chi connectivity index (χ1) is 3.79. The molecule has 1 rings (SSSR count). The highest BCUT2D eigenvalue weighted by molar-refractivity contribution is 7.71. The van der Waals surface area contributed by atoms with E-state index in [-0.39, 0.29) is 0 Å². The van der Waals surface area contributed by atoms with Gasteiger partial charge in [0, 0.05) is 11.2 Å². The SMILES string of the molecule is S=c1cc(Cl)cc[nH]1. The minimum atomic E-state index is 0.664. The molecule has 1 aromatic heterocycles. The third-order valence-corrected chi connectivity index (χ3v) is 1.21. The monoisotopic (exact) mass is 145 g/mol. The summed E-state index contributed by atoms with van der Waals surface area (Å²) in [6, 6.07) is 3.44. The molecule has 0 unspecified atom stereocenters. The third-order valence-electron chi connectivity index (χ3n) is 0.737. The number of nitrogens with one attached hydrogen (secondary N) is 1. The number of hydrogen-bond acceptors (Lipinski definition) is 1. The van der Waals surface area contributed by atoms with E-state index in [0.717, 1.165) is 0 Å². The van der Waals surface area contributed by atoms with Gasteiger partial charge in [-0.2, -0.15) is 0 Å². The van der Waals surface area contributed by atoms with Crippen molar-refractivity contribution in [1.82, 2.24) is 4.98 Å². The van der Waals surface area contributed by atoms with E-state index in [1.165, 1.54) is 0 Å². The van der Waals surface area contributed by atoms with Gasteiger partial charge in [0.05, 0.1) is 0 Å². The third kappa shape index (κ3) is 1.32. The number of hydrogen-bond donors (Lipinski definition) is 1. The minimum Gasteiger partial charge on any atom is -0.353 e. The number of aromatic nitrogens is 1. The van der Waals surface area contributed by atoms with E-state index in [9.17, 15) is 0 Å². The predicted octanol–water partition coefficient (Wildman–Crippen LogP) is 2.40. The molecule has 0 atom stereocenters. The van der Waals surface area contributed by atoms with Gasteiger partial charge < -0.3 is 4.98 Å². The van der Waals surface area contributed by atoms with Gasteiger partial charge in [0.25, 0.3) is 0 Å². The van der Waals surface area contributed by atoms with Crippen LogP contribution in [0.25, 0.3) is 0 Å². The Kier molecular flexibility index (Phi) is 1.65. The van der Waals surface area contributed by atoms with Gasteiger partial charge >= 0.3 is 0 Å². The Bertz CT molecular complexity index is 230. The van der Waals surface area contributed by atoms with Crippen LogP contribution in [0.3, 0.4) is 0 Å². The molecule has 0 radical (unpaired) electrons. The van der Waals surface area contributed by atoms with Crippen LogP contribution in [0.1, 0.15) is 0 Å². The second-order valence-corrected chi connectivity index (χ2v) is 2.25. The number of halogens is 1. The van der Waals surface area contributed by atoms with Crippen molar-refractivity contribution >= 4 is 23.8 Å². The van der Waals surface area contributed by atoms with Gasteiger partial charge in [0.1, 0.15) is 4.64 Å². The molecule has 1 heterocycles. The van der Waals surface area contributed by atoms with Crippen LogP contribution in [-0.2, 0) is 0 Å². The average Bonchev–Trinajstić information content (AvgIpc) is 1.64. The van der Waals surface area contributed by atoms with Gasteiger partial charge in [-0.3, -0.25) is 0 Å². The van der Waals surface area contributed by atoms with Crippen LogP contribution < -0.4 is 0 Å². The van der Waals surface area contributed by atoms with Crippen LogP contribution in [0, 0.1) is 4.64 Å². The zero-order valence-electron chi connectivity index (χ0n) is 4.02. The van der Waals surface area contributed by atoms with Gasteiger partial charge in [-0.05, 0) is 12.1 Å². The van der Waals surface area contributed by atoms with E-state index in [2.05, 4.69) is 4.98 Å². The van der Waals surface area contributed by atoms with Crippen LogP contribution in [-0.4, -0.2) is 4.98 Å². The second-order valence-electron chi connectivity index (χ2n) is 1.37. The first kappa shape index (κ1) is 5.79. The standard InChI is InChI=1S/C5H4ClNS/c6-4-1-2-7-5(8)3-4/h1-3H,(H,7,8).